The van der Waals surface area contributed by atoms with Gasteiger partial charge in [-0.15, -0.1) is 0 Å². The molecule has 0 spiro atoms. The molecule has 0 aliphatic heterocycles. The monoisotopic (exact) mass is 259 g/mol. The van der Waals surface area contributed by atoms with Gasteiger partial charge in [0.2, 0.25) is 5.95 Å². The van der Waals surface area contributed by atoms with Crippen molar-refractivity contribution < 1.29 is 0 Å². The lowest BCUT2D eigenvalue weighted by molar-refractivity contribution is 0.647. The zero-order valence-corrected chi connectivity index (χ0v) is 10.9. The van der Waals surface area contributed by atoms with Crippen LogP contribution in [-0.4, -0.2) is 17.0 Å². The molecule has 4 heteroatoms. The van der Waals surface area contributed by atoms with Crippen LogP contribution in [0.3, 0.4) is 0 Å². The van der Waals surface area contributed by atoms with Crippen LogP contribution in [0.5, 0.6) is 0 Å². The maximum Gasteiger partial charge on any atom is 0.225 e. The van der Waals surface area contributed by atoms with Crippen LogP contribution < -0.4 is 4.90 Å². The fraction of sp³-hybridized carbons (Fsp3) is 0.286. The number of aromatic nitrogens is 2. The van der Waals surface area contributed by atoms with Gasteiger partial charge in [-0.25, -0.2) is 9.97 Å². The van der Waals surface area contributed by atoms with Gasteiger partial charge in [-0.1, -0.05) is 35.9 Å². The van der Waals surface area contributed by atoms with Crippen molar-refractivity contribution in [3.8, 4) is 0 Å². The van der Waals surface area contributed by atoms with E-state index in [-0.39, 0.29) is 0 Å². The van der Waals surface area contributed by atoms with Crippen LogP contribution in [0.25, 0.3) is 0 Å². The lowest BCUT2D eigenvalue weighted by Gasteiger charge is -2.25. The number of hydrogen-bond acceptors (Lipinski definition) is 3. The third kappa shape index (κ3) is 1.95. The van der Waals surface area contributed by atoms with E-state index in [9.17, 15) is 0 Å². The molecule has 2 aromatic rings. The summed E-state index contributed by atoms with van der Waals surface area (Å²) in [6.45, 7) is 0. The molecule has 0 bridgehead atoms. The van der Waals surface area contributed by atoms with Gasteiger partial charge in [0.15, 0.2) is 0 Å². The highest BCUT2D eigenvalue weighted by Crippen LogP contribution is 2.36. The summed E-state index contributed by atoms with van der Waals surface area (Å²) in [6.07, 6.45) is 5.52. The van der Waals surface area contributed by atoms with Crippen LogP contribution in [-0.2, 0) is 6.42 Å². The van der Waals surface area contributed by atoms with Crippen LogP contribution in [0.1, 0.15) is 23.6 Å². The molecule has 1 unspecified atom stereocenters. The normalized spacial score (nSPS) is 17.6. The molecule has 1 aromatic heterocycles. The Morgan fingerprint density at radius 3 is 2.72 bits per heavy atom. The van der Waals surface area contributed by atoms with Crippen LogP contribution in [0, 0.1) is 0 Å². The fourth-order valence-electron chi connectivity index (χ4n) is 2.56. The highest BCUT2D eigenvalue weighted by Gasteiger charge is 2.26. The molecular weight excluding hydrogens is 246 g/mol. The third-order valence-corrected chi connectivity index (χ3v) is 3.69. The second kappa shape index (κ2) is 4.58. The Labute approximate surface area is 111 Å². The van der Waals surface area contributed by atoms with Crippen molar-refractivity contribution >= 4 is 17.5 Å². The van der Waals surface area contributed by atoms with Crippen molar-refractivity contribution in [2.24, 2.45) is 0 Å². The molecule has 1 atom stereocenters. The van der Waals surface area contributed by atoms with Gasteiger partial charge in [0.25, 0.3) is 0 Å². The molecule has 3 rings (SSSR count). The molecule has 0 amide bonds. The van der Waals surface area contributed by atoms with E-state index < -0.39 is 0 Å². The van der Waals surface area contributed by atoms with Crippen molar-refractivity contribution in [1.29, 1.82) is 0 Å². The molecule has 1 aliphatic carbocycles. The maximum absolute atomic E-state index is 5.81. The Hall–Kier alpha value is -1.61. The first-order chi connectivity index (χ1) is 8.75. The van der Waals surface area contributed by atoms with Gasteiger partial charge in [-0.05, 0) is 24.0 Å². The van der Waals surface area contributed by atoms with Gasteiger partial charge in [0, 0.05) is 7.05 Å². The van der Waals surface area contributed by atoms with E-state index in [4.69, 9.17) is 11.6 Å². The van der Waals surface area contributed by atoms with E-state index in [0.717, 1.165) is 18.8 Å². The number of fused-ring (bicyclic) bond motifs is 1. The number of aryl methyl sites for hydroxylation is 1. The minimum Gasteiger partial charge on any atom is -0.337 e. The predicted molar refractivity (Wildman–Crippen MR) is 72.9 cm³/mol. The predicted octanol–water partition coefficient (Wildman–Crippen LogP) is 3.25. The zero-order chi connectivity index (χ0) is 12.5. The summed E-state index contributed by atoms with van der Waals surface area (Å²) in [4.78, 5) is 10.7. The number of hydrogen-bond donors (Lipinski definition) is 0. The van der Waals surface area contributed by atoms with E-state index in [1.54, 1.807) is 12.4 Å². The molecule has 3 nitrogen and oxygen atoms in total. The van der Waals surface area contributed by atoms with Gasteiger partial charge < -0.3 is 4.90 Å². The summed E-state index contributed by atoms with van der Waals surface area (Å²) in [5.74, 6) is 0.723. The topological polar surface area (TPSA) is 29.0 Å². The smallest absolute Gasteiger partial charge is 0.225 e. The summed E-state index contributed by atoms with van der Waals surface area (Å²) in [5.41, 5.74) is 2.82. The molecule has 1 aliphatic rings. The van der Waals surface area contributed by atoms with E-state index in [1.807, 2.05) is 7.05 Å². The number of rotatable bonds is 2. The average molecular weight is 260 g/mol. The molecule has 0 saturated heterocycles. The van der Waals surface area contributed by atoms with Crippen LogP contribution in [0.4, 0.5) is 5.95 Å². The minimum absolute atomic E-state index is 0.363. The van der Waals surface area contributed by atoms with Crippen molar-refractivity contribution in [3.63, 3.8) is 0 Å². The van der Waals surface area contributed by atoms with Gasteiger partial charge in [0.1, 0.15) is 0 Å². The van der Waals surface area contributed by atoms with Crippen molar-refractivity contribution in [3.05, 3.63) is 52.8 Å². The minimum atomic E-state index is 0.363. The molecule has 1 heterocycles. The second-order valence-electron chi connectivity index (χ2n) is 4.57. The third-order valence-electron chi connectivity index (χ3n) is 3.49. The second-order valence-corrected chi connectivity index (χ2v) is 5.00. The van der Waals surface area contributed by atoms with Gasteiger partial charge in [-0.3, -0.25) is 0 Å². The standard InChI is InChI=1S/C14H14ClN3/c1-18(14-16-8-11(15)9-17-14)13-7-6-10-4-2-3-5-12(10)13/h2-5,8-9,13H,6-7H2,1H3. The summed E-state index contributed by atoms with van der Waals surface area (Å²) >= 11 is 5.81. The van der Waals surface area contributed by atoms with E-state index in [2.05, 4.69) is 39.1 Å². The maximum atomic E-state index is 5.81. The first-order valence-corrected chi connectivity index (χ1v) is 6.41. The molecular formula is C14H14ClN3. The Balaban J connectivity index is 1.90. The van der Waals surface area contributed by atoms with Crippen molar-refractivity contribution in [2.45, 2.75) is 18.9 Å². The van der Waals surface area contributed by atoms with Gasteiger partial charge in [-0.2, -0.15) is 0 Å². The fourth-order valence-corrected chi connectivity index (χ4v) is 2.66. The Morgan fingerprint density at radius 2 is 1.94 bits per heavy atom. The molecule has 1 aromatic carbocycles. The lowest BCUT2D eigenvalue weighted by Crippen LogP contribution is -2.24. The van der Waals surface area contributed by atoms with Crippen LogP contribution in [0.15, 0.2) is 36.7 Å². The largest absolute Gasteiger partial charge is 0.337 e. The number of nitrogens with zero attached hydrogens (tertiary/aromatic N) is 3. The first-order valence-electron chi connectivity index (χ1n) is 6.04. The summed E-state index contributed by atoms with van der Waals surface area (Å²) in [5, 5.41) is 0.568. The van der Waals surface area contributed by atoms with Crippen LogP contribution in [0.2, 0.25) is 5.02 Å². The first kappa shape index (κ1) is 11.5. The highest BCUT2D eigenvalue weighted by atomic mass is 35.5. The Bertz CT molecular complexity index is 553. The summed E-state index contributed by atoms with van der Waals surface area (Å²) < 4.78 is 0. The summed E-state index contributed by atoms with van der Waals surface area (Å²) in [7, 11) is 2.04. The van der Waals surface area contributed by atoms with E-state index in [0.29, 0.717) is 11.1 Å². The summed E-state index contributed by atoms with van der Waals surface area (Å²) in [6, 6.07) is 8.95. The van der Waals surface area contributed by atoms with Gasteiger partial charge >= 0.3 is 0 Å². The number of anilines is 1. The molecule has 92 valence electrons. The number of halogens is 1. The quantitative estimate of drug-likeness (QED) is 0.829. The van der Waals surface area contributed by atoms with Crippen molar-refractivity contribution in [2.75, 3.05) is 11.9 Å². The molecule has 18 heavy (non-hydrogen) atoms. The van der Waals surface area contributed by atoms with Crippen LogP contribution >= 0.6 is 11.6 Å². The van der Waals surface area contributed by atoms with Gasteiger partial charge in [0.05, 0.1) is 23.5 Å². The average Bonchev–Trinajstić information content (AvgIpc) is 2.82. The molecule has 0 fully saturated rings. The highest BCUT2D eigenvalue weighted by molar-refractivity contribution is 6.30. The Kier molecular flexibility index (Phi) is 2.92. The van der Waals surface area contributed by atoms with E-state index in [1.165, 1.54) is 11.1 Å². The SMILES string of the molecule is CN(c1ncc(Cl)cn1)C1CCc2ccccc21. The molecule has 0 radical (unpaired) electrons. The van der Waals surface area contributed by atoms with Crippen molar-refractivity contribution in [1.82, 2.24) is 9.97 Å². The lowest BCUT2D eigenvalue weighted by atomic mass is 10.1. The zero-order valence-electron chi connectivity index (χ0n) is 10.2. The van der Waals surface area contributed by atoms with E-state index >= 15 is 0 Å². The number of benzene rings is 1. The Morgan fingerprint density at radius 1 is 1.22 bits per heavy atom. The molecule has 0 N–H and O–H groups in total. The molecule has 0 saturated carbocycles.